The van der Waals surface area contributed by atoms with Crippen LogP contribution in [0.2, 0.25) is 0 Å². The number of fused-ring (bicyclic) bond motifs is 3. The first kappa shape index (κ1) is 16.4. The molecule has 3 heterocycles. The van der Waals surface area contributed by atoms with E-state index in [1.54, 1.807) is 6.20 Å². The van der Waals surface area contributed by atoms with Crippen molar-refractivity contribution >= 4 is 33.1 Å². The maximum Gasteiger partial charge on any atom is 0.143 e. The summed E-state index contributed by atoms with van der Waals surface area (Å²) >= 11 is 1.84. The van der Waals surface area contributed by atoms with Gasteiger partial charge in [-0.25, -0.2) is 9.97 Å². The molecule has 0 amide bonds. The monoisotopic (exact) mass is 372 g/mol. The van der Waals surface area contributed by atoms with Gasteiger partial charge in [0, 0.05) is 17.5 Å². The third-order valence-electron chi connectivity index (χ3n) is 4.99. The SMILES string of the molecule is c1ccc(Cc2nc(Nc3cccnc3)c3c4c(sc3n2)CCCC4)cc1. The van der Waals surface area contributed by atoms with E-state index in [4.69, 9.17) is 9.97 Å². The summed E-state index contributed by atoms with van der Waals surface area (Å²) in [7, 11) is 0. The zero-order valence-corrected chi connectivity index (χ0v) is 15.8. The van der Waals surface area contributed by atoms with Gasteiger partial charge in [-0.1, -0.05) is 30.3 Å². The van der Waals surface area contributed by atoms with Crippen LogP contribution in [-0.2, 0) is 19.3 Å². The Morgan fingerprint density at radius 3 is 2.70 bits per heavy atom. The van der Waals surface area contributed by atoms with Crippen LogP contribution in [0.3, 0.4) is 0 Å². The van der Waals surface area contributed by atoms with Crippen LogP contribution < -0.4 is 5.32 Å². The van der Waals surface area contributed by atoms with E-state index < -0.39 is 0 Å². The summed E-state index contributed by atoms with van der Waals surface area (Å²) in [5.41, 5.74) is 3.63. The Morgan fingerprint density at radius 2 is 1.85 bits per heavy atom. The van der Waals surface area contributed by atoms with Crippen LogP contribution in [-0.4, -0.2) is 15.0 Å². The molecule has 5 rings (SSSR count). The molecular formula is C22H20N4S. The molecule has 0 spiro atoms. The van der Waals surface area contributed by atoms with Crippen LogP contribution >= 0.6 is 11.3 Å². The highest BCUT2D eigenvalue weighted by Gasteiger charge is 2.21. The second-order valence-corrected chi connectivity index (χ2v) is 7.99. The van der Waals surface area contributed by atoms with Gasteiger partial charge in [-0.15, -0.1) is 11.3 Å². The van der Waals surface area contributed by atoms with E-state index in [1.165, 1.54) is 34.2 Å². The number of hydrogen-bond acceptors (Lipinski definition) is 5. The number of rotatable bonds is 4. The van der Waals surface area contributed by atoms with Crippen molar-refractivity contribution in [2.45, 2.75) is 32.1 Å². The number of benzene rings is 1. The van der Waals surface area contributed by atoms with Gasteiger partial charge < -0.3 is 5.32 Å². The first-order chi connectivity index (χ1) is 13.4. The molecule has 5 heteroatoms. The van der Waals surface area contributed by atoms with Crippen molar-refractivity contribution in [1.29, 1.82) is 0 Å². The van der Waals surface area contributed by atoms with Crippen molar-refractivity contribution in [3.8, 4) is 0 Å². The number of aryl methyl sites for hydroxylation is 2. The minimum absolute atomic E-state index is 0.737. The molecule has 0 unspecified atom stereocenters. The number of anilines is 2. The molecule has 134 valence electrons. The van der Waals surface area contributed by atoms with Gasteiger partial charge in [0.05, 0.1) is 17.3 Å². The van der Waals surface area contributed by atoms with Crippen molar-refractivity contribution < 1.29 is 0 Å². The van der Waals surface area contributed by atoms with E-state index in [0.29, 0.717) is 0 Å². The Hall–Kier alpha value is -2.79. The smallest absolute Gasteiger partial charge is 0.143 e. The van der Waals surface area contributed by atoms with Crippen molar-refractivity contribution in [3.05, 3.63) is 76.7 Å². The van der Waals surface area contributed by atoms with Gasteiger partial charge in [0.1, 0.15) is 16.5 Å². The number of hydrogen-bond donors (Lipinski definition) is 1. The molecule has 1 aromatic carbocycles. The van der Waals surface area contributed by atoms with Gasteiger partial charge in [-0.2, -0.15) is 0 Å². The topological polar surface area (TPSA) is 50.7 Å². The molecule has 0 atom stereocenters. The molecule has 4 aromatic rings. The highest BCUT2D eigenvalue weighted by atomic mass is 32.1. The summed E-state index contributed by atoms with van der Waals surface area (Å²) in [6, 6.07) is 14.4. The Morgan fingerprint density at radius 1 is 0.963 bits per heavy atom. The largest absolute Gasteiger partial charge is 0.338 e. The Bertz CT molecular complexity index is 1070. The summed E-state index contributed by atoms with van der Waals surface area (Å²) in [6.45, 7) is 0. The molecule has 0 saturated carbocycles. The quantitative estimate of drug-likeness (QED) is 0.528. The van der Waals surface area contributed by atoms with Crippen LogP contribution in [0.1, 0.15) is 34.7 Å². The van der Waals surface area contributed by atoms with E-state index in [-0.39, 0.29) is 0 Å². The van der Waals surface area contributed by atoms with Gasteiger partial charge in [0.2, 0.25) is 0 Å². The standard InChI is InChI=1S/C22H20N4S/c1-2-7-15(8-3-1)13-19-25-21(24-16-9-6-12-23-14-16)20-17-10-4-5-11-18(17)27-22(20)26-19/h1-3,6-9,12,14H,4-5,10-11,13H2,(H,24,25,26). The lowest BCUT2D eigenvalue weighted by molar-refractivity contribution is 0.700. The van der Waals surface area contributed by atoms with E-state index in [2.05, 4.69) is 34.6 Å². The summed E-state index contributed by atoms with van der Waals surface area (Å²) in [5.74, 6) is 1.78. The van der Waals surface area contributed by atoms with Crippen molar-refractivity contribution in [2.24, 2.45) is 0 Å². The van der Waals surface area contributed by atoms with E-state index in [0.717, 1.165) is 41.4 Å². The summed E-state index contributed by atoms with van der Waals surface area (Å²) in [5, 5.41) is 4.71. The fraction of sp³-hybridized carbons (Fsp3) is 0.227. The lowest BCUT2D eigenvalue weighted by Gasteiger charge is -2.13. The van der Waals surface area contributed by atoms with Crippen molar-refractivity contribution in [2.75, 3.05) is 5.32 Å². The second kappa shape index (κ2) is 7.08. The zero-order valence-electron chi connectivity index (χ0n) is 15.0. The fourth-order valence-electron chi connectivity index (χ4n) is 3.72. The number of nitrogens with zero attached hydrogens (tertiary/aromatic N) is 3. The molecule has 0 saturated heterocycles. The van der Waals surface area contributed by atoms with E-state index in [1.807, 2.05) is 35.7 Å². The molecular weight excluding hydrogens is 352 g/mol. The Balaban J connectivity index is 1.62. The number of nitrogens with one attached hydrogen (secondary N) is 1. The molecule has 0 radical (unpaired) electrons. The number of thiophene rings is 1. The first-order valence-electron chi connectivity index (χ1n) is 9.39. The molecule has 0 fully saturated rings. The fourth-order valence-corrected chi connectivity index (χ4v) is 5.00. The molecule has 1 aliphatic rings. The van der Waals surface area contributed by atoms with Gasteiger partial charge >= 0.3 is 0 Å². The van der Waals surface area contributed by atoms with Crippen LogP contribution in [0, 0.1) is 0 Å². The second-order valence-electron chi connectivity index (χ2n) is 6.91. The van der Waals surface area contributed by atoms with Crippen LogP contribution in [0.15, 0.2) is 54.9 Å². The molecule has 1 aliphatic carbocycles. The molecule has 27 heavy (non-hydrogen) atoms. The van der Waals surface area contributed by atoms with E-state index in [9.17, 15) is 0 Å². The zero-order chi connectivity index (χ0) is 18.1. The number of pyridine rings is 1. The molecule has 0 aliphatic heterocycles. The van der Waals surface area contributed by atoms with Gasteiger partial charge in [0.25, 0.3) is 0 Å². The average molecular weight is 372 g/mol. The first-order valence-corrected chi connectivity index (χ1v) is 10.2. The maximum absolute atomic E-state index is 4.93. The molecule has 3 aromatic heterocycles. The summed E-state index contributed by atoms with van der Waals surface area (Å²) in [6.07, 6.45) is 9.17. The van der Waals surface area contributed by atoms with Crippen LogP contribution in [0.4, 0.5) is 11.5 Å². The van der Waals surface area contributed by atoms with Gasteiger partial charge in [-0.3, -0.25) is 4.98 Å². The van der Waals surface area contributed by atoms with Gasteiger partial charge in [0.15, 0.2) is 0 Å². The average Bonchev–Trinajstić information content (AvgIpc) is 3.08. The molecule has 1 N–H and O–H groups in total. The minimum Gasteiger partial charge on any atom is -0.338 e. The maximum atomic E-state index is 4.93. The number of aromatic nitrogens is 3. The van der Waals surface area contributed by atoms with Crippen LogP contribution in [0.25, 0.3) is 10.2 Å². The van der Waals surface area contributed by atoms with Crippen molar-refractivity contribution in [3.63, 3.8) is 0 Å². The molecule has 0 bridgehead atoms. The third-order valence-corrected chi connectivity index (χ3v) is 6.18. The highest BCUT2D eigenvalue weighted by Crippen LogP contribution is 2.39. The summed E-state index contributed by atoms with van der Waals surface area (Å²) in [4.78, 5) is 16.7. The predicted octanol–water partition coefficient (Wildman–Crippen LogP) is 5.30. The molecule has 4 nitrogen and oxygen atoms in total. The Kier molecular flexibility index (Phi) is 4.30. The third kappa shape index (κ3) is 3.30. The normalized spacial score (nSPS) is 13.5. The highest BCUT2D eigenvalue weighted by molar-refractivity contribution is 7.19. The summed E-state index contributed by atoms with van der Waals surface area (Å²) < 4.78 is 0. The van der Waals surface area contributed by atoms with Crippen LogP contribution in [0.5, 0.6) is 0 Å². The van der Waals surface area contributed by atoms with Crippen molar-refractivity contribution in [1.82, 2.24) is 15.0 Å². The van der Waals surface area contributed by atoms with E-state index >= 15 is 0 Å². The van der Waals surface area contributed by atoms with Gasteiger partial charge in [-0.05, 0) is 48.9 Å². The minimum atomic E-state index is 0.737. The lowest BCUT2D eigenvalue weighted by atomic mass is 9.97. The Labute approximate surface area is 162 Å². The lowest BCUT2D eigenvalue weighted by Crippen LogP contribution is -2.04. The predicted molar refractivity (Wildman–Crippen MR) is 111 cm³/mol.